The highest BCUT2D eigenvalue weighted by Gasteiger charge is 2.42. The Kier molecular flexibility index (Phi) is 3.62. The summed E-state index contributed by atoms with van der Waals surface area (Å²) in [5.41, 5.74) is 0.162. The molecule has 0 aromatic heterocycles. The molecule has 0 atom stereocenters. The molecule has 0 heterocycles. The lowest BCUT2D eigenvalue weighted by atomic mass is 9.95. The standard InChI is InChI=1S/C11H20BrNO/c1-10(2,3)9(14)13-8-11(4-5-11)6-7-12/h4-8H2,1-3H3,(H,13,14). The highest BCUT2D eigenvalue weighted by Crippen LogP contribution is 2.48. The second kappa shape index (κ2) is 4.21. The van der Waals surface area contributed by atoms with Gasteiger partial charge in [0.2, 0.25) is 5.91 Å². The van der Waals surface area contributed by atoms with Gasteiger partial charge in [-0.2, -0.15) is 0 Å². The van der Waals surface area contributed by atoms with E-state index in [-0.39, 0.29) is 11.3 Å². The van der Waals surface area contributed by atoms with E-state index in [9.17, 15) is 4.79 Å². The van der Waals surface area contributed by atoms with Gasteiger partial charge in [0.15, 0.2) is 0 Å². The van der Waals surface area contributed by atoms with Crippen LogP contribution in [-0.4, -0.2) is 17.8 Å². The molecule has 0 aromatic rings. The van der Waals surface area contributed by atoms with Gasteiger partial charge < -0.3 is 5.32 Å². The van der Waals surface area contributed by atoms with Crippen molar-refractivity contribution in [2.24, 2.45) is 10.8 Å². The smallest absolute Gasteiger partial charge is 0.225 e. The van der Waals surface area contributed by atoms with Crippen LogP contribution in [0.25, 0.3) is 0 Å². The van der Waals surface area contributed by atoms with Gasteiger partial charge >= 0.3 is 0 Å². The van der Waals surface area contributed by atoms with Crippen molar-refractivity contribution in [1.29, 1.82) is 0 Å². The number of carbonyl (C=O) groups excluding carboxylic acids is 1. The first-order chi connectivity index (χ1) is 6.40. The minimum absolute atomic E-state index is 0.165. The lowest BCUT2D eigenvalue weighted by Gasteiger charge is -2.21. The van der Waals surface area contributed by atoms with Gasteiger partial charge in [-0.15, -0.1) is 0 Å². The Labute approximate surface area is 95.0 Å². The molecule has 1 saturated carbocycles. The predicted molar refractivity (Wildman–Crippen MR) is 62.5 cm³/mol. The van der Waals surface area contributed by atoms with Gasteiger partial charge in [0.1, 0.15) is 0 Å². The van der Waals surface area contributed by atoms with E-state index in [1.165, 1.54) is 19.3 Å². The molecule has 0 radical (unpaired) electrons. The second-order valence-electron chi connectivity index (χ2n) is 5.37. The number of hydrogen-bond acceptors (Lipinski definition) is 1. The molecule has 0 aromatic carbocycles. The molecule has 0 saturated heterocycles. The molecule has 2 nitrogen and oxygen atoms in total. The summed E-state index contributed by atoms with van der Waals surface area (Å²) >= 11 is 3.46. The summed E-state index contributed by atoms with van der Waals surface area (Å²) in [7, 11) is 0. The molecule has 0 spiro atoms. The van der Waals surface area contributed by atoms with E-state index < -0.39 is 0 Å². The molecule has 14 heavy (non-hydrogen) atoms. The van der Waals surface area contributed by atoms with E-state index in [1.807, 2.05) is 20.8 Å². The summed E-state index contributed by atoms with van der Waals surface area (Å²) in [5, 5.41) is 4.09. The molecule has 1 fully saturated rings. The molecule has 0 aliphatic heterocycles. The van der Waals surface area contributed by atoms with Crippen molar-refractivity contribution in [3.8, 4) is 0 Å². The molecule has 3 heteroatoms. The Balaban J connectivity index is 2.30. The number of rotatable bonds is 4. The molecule has 0 bridgehead atoms. The summed E-state index contributed by atoms with van der Waals surface area (Å²) in [6.45, 7) is 6.71. The third-order valence-corrected chi connectivity index (χ3v) is 3.28. The van der Waals surface area contributed by atoms with Crippen molar-refractivity contribution in [3.05, 3.63) is 0 Å². The van der Waals surface area contributed by atoms with Gasteiger partial charge in [-0.3, -0.25) is 4.79 Å². The van der Waals surface area contributed by atoms with Gasteiger partial charge in [0, 0.05) is 17.3 Å². The van der Waals surface area contributed by atoms with Crippen LogP contribution in [-0.2, 0) is 4.79 Å². The normalized spacial score (nSPS) is 19.1. The Bertz CT molecular complexity index is 216. The third kappa shape index (κ3) is 3.26. The van der Waals surface area contributed by atoms with Crippen LogP contribution in [0.3, 0.4) is 0 Å². The number of amides is 1. The van der Waals surface area contributed by atoms with Crippen molar-refractivity contribution in [2.45, 2.75) is 40.0 Å². The number of alkyl halides is 1. The van der Waals surface area contributed by atoms with Crippen LogP contribution in [0.15, 0.2) is 0 Å². The Morgan fingerprint density at radius 3 is 2.36 bits per heavy atom. The summed E-state index contributed by atoms with van der Waals surface area (Å²) in [4.78, 5) is 11.6. The number of hydrogen-bond donors (Lipinski definition) is 1. The Hall–Kier alpha value is -0.0500. The fourth-order valence-corrected chi connectivity index (χ4v) is 2.27. The van der Waals surface area contributed by atoms with Gasteiger partial charge in [-0.05, 0) is 24.7 Å². The van der Waals surface area contributed by atoms with Gasteiger partial charge in [0.05, 0.1) is 0 Å². The van der Waals surface area contributed by atoms with Crippen molar-refractivity contribution < 1.29 is 4.79 Å². The van der Waals surface area contributed by atoms with Crippen LogP contribution in [0.5, 0.6) is 0 Å². The first-order valence-corrected chi connectivity index (χ1v) is 6.36. The van der Waals surface area contributed by atoms with E-state index in [0.29, 0.717) is 5.41 Å². The number of nitrogens with one attached hydrogen (secondary N) is 1. The molecule has 1 aliphatic rings. The number of carbonyl (C=O) groups is 1. The minimum Gasteiger partial charge on any atom is -0.355 e. The molecule has 1 N–H and O–H groups in total. The zero-order chi connectivity index (χ0) is 10.8. The zero-order valence-corrected chi connectivity index (χ0v) is 10.9. The lowest BCUT2D eigenvalue weighted by Crippen LogP contribution is -2.38. The topological polar surface area (TPSA) is 29.1 Å². The molecular formula is C11H20BrNO. The van der Waals surface area contributed by atoms with Gasteiger partial charge in [-0.1, -0.05) is 36.7 Å². The molecule has 1 aliphatic carbocycles. The predicted octanol–water partition coefficient (Wildman–Crippen LogP) is 2.71. The summed E-state index contributed by atoms with van der Waals surface area (Å²) in [6.07, 6.45) is 3.71. The summed E-state index contributed by atoms with van der Waals surface area (Å²) in [5.74, 6) is 0.165. The zero-order valence-electron chi connectivity index (χ0n) is 9.32. The van der Waals surface area contributed by atoms with E-state index in [2.05, 4.69) is 21.2 Å². The highest BCUT2D eigenvalue weighted by atomic mass is 79.9. The largest absolute Gasteiger partial charge is 0.355 e. The molecule has 1 amide bonds. The summed E-state index contributed by atoms with van der Waals surface area (Å²) in [6, 6.07) is 0. The van der Waals surface area contributed by atoms with Crippen LogP contribution in [0.2, 0.25) is 0 Å². The first-order valence-electron chi connectivity index (χ1n) is 5.24. The molecule has 0 unspecified atom stereocenters. The van der Waals surface area contributed by atoms with Crippen molar-refractivity contribution in [2.75, 3.05) is 11.9 Å². The van der Waals surface area contributed by atoms with Gasteiger partial charge in [0.25, 0.3) is 0 Å². The van der Waals surface area contributed by atoms with E-state index >= 15 is 0 Å². The van der Waals surface area contributed by atoms with Crippen LogP contribution in [0.4, 0.5) is 0 Å². The minimum atomic E-state index is -0.259. The summed E-state index contributed by atoms with van der Waals surface area (Å²) < 4.78 is 0. The molecular weight excluding hydrogens is 242 g/mol. The average Bonchev–Trinajstić information content (AvgIpc) is 2.80. The highest BCUT2D eigenvalue weighted by molar-refractivity contribution is 9.09. The molecule has 1 rings (SSSR count). The Morgan fingerprint density at radius 2 is 2.00 bits per heavy atom. The second-order valence-corrected chi connectivity index (χ2v) is 6.16. The SMILES string of the molecule is CC(C)(C)C(=O)NCC1(CCBr)CC1. The third-order valence-electron chi connectivity index (χ3n) is 2.89. The fraction of sp³-hybridized carbons (Fsp3) is 0.909. The Morgan fingerprint density at radius 1 is 1.43 bits per heavy atom. The van der Waals surface area contributed by atoms with E-state index in [0.717, 1.165) is 11.9 Å². The van der Waals surface area contributed by atoms with Crippen molar-refractivity contribution >= 4 is 21.8 Å². The van der Waals surface area contributed by atoms with E-state index in [1.54, 1.807) is 0 Å². The van der Waals surface area contributed by atoms with Crippen LogP contribution in [0, 0.1) is 10.8 Å². The monoisotopic (exact) mass is 261 g/mol. The number of halogens is 1. The fourth-order valence-electron chi connectivity index (χ4n) is 1.43. The molecule has 82 valence electrons. The maximum atomic E-state index is 11.6. The van der Waals surface area contributed by atoms with Crippen LogP contribution >= 0.6 is 15.9 Å². The van der Waals surface area contributed by atoms with Crippen molar-refractivity contribution in [1.82, 2.24) is 5.32 Å². The van der Waals surface area contributed by atoms with Crippen molar-refractivity contribution in [3.63, 3.8) is 0 Å². The maximum absolute atomic E-state index is 11.6. The quantitative estimate of drug-likeness (QED) is 0.775. The van der Waals surface area contributed by atoms with Gasteiger partial charge in [-0.25, -0.2) is 0 Å². The first kappa shape index (κ1) is 12.0. The lowest BCUT2D eigenvalue weighted by molar-refractivity contribution is -0.128. The van der Waals surface area contributed by atoms with E-state index in [4.69, 9.17) is 0 Å². The van der Waals surface area contributed by atoms with Crippen LogP contribution < -0.4 is 5.32 Å². The van der Waals surface area contributed by atoms with Crippen LogP contribution in [0.1, 0.15) is 40.0 Å². The average molecular weight is 262 g/mol. The maximum Gasteiger partial charge on any atom is 0.225 e.